The molecule has 0 amide bonds. The van der Waals surface area contributed by atoms with Crippen LogP contribution in [0.4, 0.5) is 0 Å². The SMILES string of the molecule is Cc1c(Cl)cnn1CCC(C)(C)C(=N)N. The van der Waals surface area contributed by atoms with Crippen molar-refractivity contribution in [3.8, 4) is 0 Å². The number of nitrogens with zero attached hydrogens (tertiary/aromatic N) is 2. The van der Waals surface area contributed by atoms with E-state index in [9.17, 15) is 0 Å². The van der Waals surface area contributed by atoms with E-state index in [1.807, 2.05) is 25.5 Å². The average Bonchev–Trinajstić information content (AvgIpc) is 2.45. The van der Waals surface area contributed by atoms with Crippen LogP contribution >= 0.6 is 11.6 Å². The number of nitrogens with one attached hydrogen (secondary N) is 1. The molecule has 15 heavy (non-hydrogen) atoms. The summed E-state index contributed by atoms with van der Waals surface area (Å²) in [5.41, 5.74) is 6.17. The third-order valence-corrected chi connectivity index (χ3v) is 3.09. The normalized spacial score (nSPS) is 11.7. The van der Waals surface area contributed by atoms with E-state index in [1.165, 1.54) is 0 Å². The Morgan fingerprint density at radius 2 is 2.27 bits per heavy atom. The second-order valence-corrected chi connectivity index (χ2v) is 4.76. The highest BCUT2D eigenvalue weighted by Gasteiger charge is 2.21. The Balaban J connectivity index is 2.65. The number of aromatic nitrogens is 2. The second-order valence-electron chi connectivity index (χ2n) is 4.35. The molecule has 0 aliphatic rings. The van der Waals surface area contributed by atoms with Crippen LogP contribution in [-0.4, -0.2) is 15.6 Å². The van der Waals surface area contributed by atoms with Gasteiger partial charge >= 0.3 is 0 Å². The number of aryl methyl sites for hydroxylation is 1. The number of hydrogen-bond donors (Lipinski definition) is 2. The molecular weight excluding hydrogens is 212 g/mol. The fourth-order valence-electron chi connectivity index (χ4n) is 1.17. The van der Waals surface area contributed by atoms with Crippen LogP contribution in [0, 0.1) is 17.7 Å². The third-order valence-electron chi connectivity index (χ3n) is 2.72. The molecule has 0 aromatic carbocycles. The summed E-state index contributed by atoms with van der Waals surface area (Å²) in [6.07, 6.45) is 2.42. The summed E-state index contributed by atoms with van der Waals surface area (Å²) >= 11 is 5.89. The molecule has 0 saturated carbocycles. The van der Waals surface area contributed by atoms with Gasteiger partial charge in [-0.25, -0.2) is 0 Å². The molecular formula is C10H17ClN4. The van der Waals surface area contributed by atoms with Gasteiger partial charge in [-0.1, -0.05) is 25.4 Å². The van der Waals surface area contributed by atoms with Gasteiger partial charge in [-0.3, -0.25) is 10.1 Å². The Hall–Kier alpha value is -1.03. The van der Waals surface area contributed by atoms with Gasteiger partial charge in [-0.15, -0.1) is 0 Å². The van der Waals surface area contributed by atoms with Crippen LogP contribution in [0.2, 0.25) is 5.02 Å². The van der Waals surface area contributed by atoms with Crippen molar-refractivity contribution in [1.82, 2.24) is 9.78 Å². The van der Waals surface area contributed by atoms with E-state index in [0.29, 0.717) is 5.02 Å². The van der Waals surface area contributed by atoms with Gasteiger partial charge in [-0.05, 0) is 13.3 Å². The molecule has 5 heteroatoms. The molecule has 0 unspecified atom stereocenters. The average molecular weight is 229 g/mol. The van der Waals surface area contributed by atoms with Gasteiger partial charge in [0.1, 0.15) is 0 Å². The van der Waals surface area contributed by atoms with Crippen molar-refractivity contribution in [2.45, 2.75) is 33.7 Å². The number of amidine groups is 1. The molecule has 0 bridgehead atoms. The van der Waals surface area contributed by atoms with Crippen molar-refractivity contribution in [3.05, 3.63) is 16.9 Å². The van der Waals surface area contributed by atoms with E-state index in [2.05, 4.69) is 5.10 Å². The predicted molar refractivity (Wildman–Crippen MR) is 62.3 cm³/mol. The summed E-state index contributed by atoms with van der Waals surface area (Å²) in [6.45, 7) is 6.56. The van der Waals surface area contributed by atoms with Gasteiger partial charge in [0.05, 0.1) is 22.7 Å². The molecule has 0 aliphatic heterocycles. The lowest BCUT2D eigenvalue weighted by Gasteiger charge is -2.22. The van der Waals surface area contributed by atoms with E-state index in [-0.39, 0.29) is 11.3 Å². The largest absolute Gasteiger partial charge is 0.387 e. The first-order valence-electron chi connectivity index (χ1n) is 4.87. The van der Waals surface area contributed by atoms with E-state index in [1.54, 1.807) is 6.20 Å². The van der Waals surface area contributed by atoms with E-state index in [0.717, 1.165) is 18.7 Å². The Bertz CT molecular complexity index is 367. The molecule has 0 fully saturated rings. The zero-order valence-corrected chi connectivity index (χ0v) is 10.1. The highest BCUT2D eigenvalue weighted by Crippen LogP contribution is 2.22. The van der Waals surface area contributed by atoms with E-state index >= 15 is 0 Å². The summed E-state index contributed by atoms with van der Waals surface area (Å²) in [4.78, 5) is 0. The first-order valence-corrected chi connectivity index (χ1v) is 5.25. The predicted octanol–water partition coefficient (Wildman–Crippen LogP) is 2.20. The maximum absolute atomic E-state index is 7.44. The standard InChI is InChI=1S/C10H17ClN4/c1-7-8(11)6-14-15(7)5-4-10(2,3)9(12)13/h6H,4-5H2,1-3H3,(H3,12,13). The highest BCUT2D eigenvalue weighted by molar-refractivity contribution is 6.31. The fourth-order valence-corrected chi connectivity index (χ4v) is 1.31. The number of halogens is 1. The molecule has 0 saturated heterocycles. The summed E-state index contributed by atoms with van der Waals surface area (Å²) in [5, 5.41) is 12.3. The minimum absolute atomic E-state index is 0.207. The van der Waals surface area contributed by atoms with Crippen LogP contribution < -0.4 is 5.73 Å². The fraction of sp³-hybridized carbons (Fsp3) is 0.600. The maximum atomic E-state index is 7.44. The highest BCUT2D eigenvalue weighted by atomic mass is 35.5. The lowest BCUT2D eigenvalue weighted by atomic mass is 9.88. The van der Waals surface area contributed by atoms with Crippen LogP contribution in [0.15, 0.2) is 6.20 Å². The van der Waals surface area contributed by atoms with Gasteiger partial charge in [0.15, 0.2) is 0 Å². The molecule has 1 aromatic rings. The van der Waals surface area contributed by atoms with E-state index in [4.69, 9.17) is 22.7 Å². The third kappa shape index (κ3) is 2.72. The van der Waals surface area contributed by atoms with Crippen molar-refractivity contribution in [2.24, 2.45) is 11.1 Å². The van der Waals surface area contributed by atoms with Gasteiger partial charge in [0.25, 0.3) is 0 Å². The van der Waals surface area contributed by atoms with Gasteiger partial charge in [0.2, 0.25) is 0 Å². The summed E-state index contributed by atoms with van der Waals surface area (Å²) in [7, 11) is 0. The minimum atomic E-state index is -0.287. The molecule has 1 rings (SSSR count). The molecule has 0 atom stereocenters. The molecule has 1 aromatic heterocycles. The van der Waals surface area contributed by atoms with Gasteiger partial charge < -0.3 is 5.73 Å². The van der Waals surface area contributed by atoms with Crippen molar-refractivity contribution in [2.75, 3.05) is 0 Å². The van der Waals surface area contributed by atoms with Gasteiger partial charge in [-0.2, -0.15) is 5.10 Å². The second kappa shape index (κ2) is 4.23. The molecule has 84 valence electrons. The zero-order valence-electron chi connectivity index (χ0n) is 9.34. The first-order chi connectivity index (χ1) is 6.84. The molecule has 0 spiro atoms. The van der Waals surface area contributed by atoms with Gasteiger partial charge in [0, 0.05) is 12.0 Å². The Kier molecular flexibility index (Phi) is 3.39. The van der Waals surface area contributed by atoms with Crippen LogP contribution in [-0.2, 0) is 6.54 Å². The van der Waals surface area contributed by atoms with Crippen LogP contribution in [0.1, 0.15) is 26.0 Å². The van der Waals surface area contributed by atoms with Crippen LogP contribution in [0.25, 0.3) is 0 Å². The van der Waals surface area contributed by atoms with Crippen molar-refractivity contribution in [1.29, 1.82) is 5.41 Å². The minimum Gasteiger partial charge on any atom is -0.387 e. The Morgan fingerprint density at radius 3 is 2.67 bits per heavy atom. The number of hydrogen-bond acceptors (Lipinski definition) is 2. The Labute approximate surface area is 94.9 Å². The topological polar surface area (TPSA) is 67.7 Å². The molecule has 3 N–H and O–H groups in total. The molecule has 1 heterocycles. The Morgan fingerprint density at radius 1 is 1.67 bits per heavy atom. The summed E-state index contributed by atoms with van der Waals surface area (Å²) in [5.74, 6) is 0.207. The summed E-state index contributed by atoms with van der Waals surface area (Å²) in [6, 6.07) is 0. The van der Waals surface area contributed by atoms with Crippen molar-refractivity contribution in [3.63, 3.8) is 0 Å². The monoisotopic (exact) mass is 228 g/mol. The number of nitrogens with two attached hydrogens (primary N) is 1. The smallest absolute Gasteiger partial charge is 0.0963 e. The van der Waals surface area contributed by atoms with Crippen molar-refractivity contribution >= 4 is 17.4 Å². The lowest BCUT2D eigenvalue weighted by Crippen LogP contribution is -2.32. The van der Waals surface area contributed by atoms with Crippen LogP contribution in [0.5, 0.6) is 0 Å². The molecule has 0 aliphatic carbocycles. The van der Waals surface area contributed by atoms with Crippen LogP contribution in [0.3, 0.4) is 0 Å². The number of rotatable bonds is 4. The van der Waals surface area contributed by atoms with E-state index < -0.39 is 0 Å². The summed E-state index contributed by atoms with van der Waals surface area (Å²) < 4.78 is 1.84. The first kappa shape index (κ1) is 12.0. The zero-order chi connectivity index (χ0) is 11.6. The molecule has 0 radical (unpaired) electrons. The van der Waals surface area contributed by atoms with Crippen molar-refractivity contribution < 1.29 is 0 Å². The molecule has 4 nitrogen and oxygen atoms in total. The lowest BCUT2D eigenvalue weighted by molar-refractivity contribution is 0.408. The quantitative estimate of drug-likeness (QED) is 0.613. The maximum Gasteiger partial charge on any atom is 0.0963 e.